The van der Waals surface area contributed by atoms with Gasteiger partial charge in [-0.05, 0) is 18.2 Å². The predicted octanol–water partition coefficient (Wildman–Crippen LogP) is 0.444. The van der Waals surface area contributed by atoms with Crippen molar-refractivity contribution >= 4 is 11.9 Å². The Labute approximate surface area is 109 Å². The maximum Gasteiger partial charge on any atom is 0.356 e. The van der Waals surface area contributed by atoms with E-state index in [0.717, 1.165) is 0 Å². The lowest BCUT2D eigenvalue weighted by atomic mass is 10.4. The van der Waals surface area contributed by atoms with Gasteiger partial charge >= 0.3 is 5.97 Å². The number of hydrogen-bond acceptors (Lipinski definition) is 6. The Morgan fingerprint density at radius 1 is 1.11 bits per heavy atom. The van der Waals surface area contributed by atoms with Gasteiger partial charge in [0.2, 0.25) is 0 Å². The van der Waals surface area contributed by atoms with Crippen molar-refractivity contribution in [3.05, 3.63) is 54.4 Å². The molecule has 0 fully saturated rings. The second-order valence-electron chi connectivity index (χ2n) is 3.17. The molecule has 0 aromatic carbocycles. The average molecular weight is 260 g/mol. The molecule has 98 valence electrons. The van der Waals surface area contributed by atoms with E-state index >= 15 is 0 Å². The molecule has 2 N–H and O–H groups in total. The van der Waals surface area contributed by atoms with Crippen molar-refractivity contribution in [2.45, 2.75) is 0 Å². The van der Waals surface area contributed by atoms with E-state index in [0.29, 0.717) is 5.69 Å². The highest BCUT2D eigenvalue weighted by Gasteiger charge is 2.02. The molecule has 0 saturated heterocycles. The summed E-state index contributed by atoms with van der Waals surface area (Å²) in [6, 6.07) is 6.54. The van der Waals surface area contributed by atoms with Gasteiger partial charge in [0.1, 0.15) is 17.7 Å². The Bertz CT molecular complexity index is 531. The lowest BCUT2D eigenvalue weighted by molar-refractivity contribution is 0.0594. The second kappa shape index (κ2) is 7.49. The van der Waals surface area contributed by atoms with Gasteiger partial charge in [0.05, 0.1) is 7.11 Å². The smallest absolute Gasteiger partial charge is 0.356 e. The summed E-state index contributed by atoms with van der Waals surface area (Å²) in [6.07, 6.45) is 4.29. The lowest BCUT2D eigenvalue weighted by Gasteiger charge is -1.94. The van der Waals surface area contributed by atoms with Crippen LogP contribution in [-0.4, -0.2) is 33.9 Å². The summed E-state index contributed by atoms with van der Waals surface area (Å²) in [6.45, 7) is 0. The summed E-state index contributed by atoms with van der Waals surface area (Å²) in [5.74, 6) is -0.932. The molecule has 2 aromatic rings. The van der Waals surface area contributed by atoms with E-state index in [4.69, 9.17) is 5.73 Å². The molecule has 0 aliphatic carbocycles. The Morgan fingerprint density at radius 3 is 2.32 bits per heavy atom. The van der Waals surface area contributed by atoms with Crippen molar-refractivity contribution < 1.29 is 14.3 Å². The van der Waals surface area contributed by atoms with Crippen molar-refractivity contribution in [2.24, 2.45) is 5.73 Å². The minimum Gasteiger partial charge on any atom is -0.464 e. The van der Waals surface area contributed by atoms with E-state index in [1.807, 2.05) is 0 Å². The molecule has 0 atom stereocenters. The highest BCUT2D eigenvalue weighted by molar-refractivity contribution is 5.90. The van der Waals surface area contributed by atoms with Gasteiger partial charge in [-0.15, -0.1) is 0 Å². The average Bonchev–Trinajstić information content (AvgIpc) is 2.49. The summed E-state index contributed by atoms with van der Waals surface area (Å²) in [4.78, 5) is 32.0. The standard InChI is InChI=1S/C7H7NO2.C5H5N3O/c1-10-7(9)6-4-2-3-5-8-6;6-5(9)4-1-2-7-3-8-4/h2-5H,1H3;1-3H,(H2,6,9). The number of nitrogens with zero attached hydrogens (tertiary/aromatic N) is 3. The summed E-state index contributed by atoms with van der Waals surface area (Å²) in [5, 5.41) is 0. The van der Waals surface area contributed by atoms with Crippen molar-refractivity contribution in [3.63, 3.8) is 0 Å². The number of primary amides is 1. The van der Waals surface area contributed by atoms with Gasteiger partial charge < -0.3 is 10.5 Å². The number of amides is 1. The molecular weight excluding hydrogens is 248 g/mol. The zero-order chi connectivity index (χ0) is 14.1. The lowest BCUT2D eigenvalue weighted by Crippen LogP contribution is -2.12. The van der Waals surface area contributed by atoms with Crippen LogP contribution in [0.2, 0.25) is 0 Å². The fourth-order valence-corrected chi connectivity index (χ4v) is 1.02. The molecule has 0 bridgehead atoms. The SMILES string of the molecule is COC(=O)c1ccccn1.NC(=O)c1ccncn1. The number of nitrogens with two attached hydrogens (primary N) is 1. The molecule has 7 heteroatoms. The van der Waals surface area contributed by atoms with Crippen LogP contribution in [0.15, 0.2) is 43.0 Å². The van der Waals surface area contributed by atoms with E-state index in [-0.39, 0.29) is 5.69 Å². The molecular formula is C12H12N4O3. The Kier molecular flexibility index (Phi) is 5.61. The maximum absolute atomic E-state index is 10.7. The third kappa shape index (κ3) is 4.90. The van der Waals surface area contributed by atoms with Crippen LogP contribution in [0.25, 0.3) is 0 Å². The van der Waals surface area contributed by atoms with Crippen molar-refractivity contribution in [1.82, 2.24) is 15.0 Å². The van der Waals surface area contributed by atoms with E-state index < -0.39 is 11.9 Å². The Balaban J connectivity index is 0.000000191. The zero-order valence-electron chi connectivity index (χ0n) is 10.2. The molecule has 2 rings (SSSR count). The normalized spacial score (nSPS) is 8.89. The molecule has 0 aliphatic heterocycles. The number of aromatic nitrogens is 3. The van der Waals surface area contributed by atoms with Gasteiger partial charge in [0.25, 0.3) is 5.91 Å². The summed E-state index contributed by atoms with van der Waals surface area (Å²) in [7, 11) is 1.33. The first kappa shape index (κ1) is 14.2. The number of carbonyl (C=O) groups excluding carboxylic acids is 2. The molecule has 2 heterocycles. The van der Waals surface area contributed by atoms with E-state index in [1.165, 1.54) is 25.7 Å². The largest absolute Gasteiger partial charge is 0.464 e. The maximum atomic E-state index is 10.7. The molecule has 1 amide bonds. The highest BCUT2D eigenvalue weighted by Crippen LogP contribution is 1.93. The van der Waals surface area contributed by atoms with Gasteiger partial charge in [-0.2, -0.15) is 0 Å². The third-order valence-corrected chi connectivity index (χ3v) is 1.89. The number of carbonyl (C=O) groups is 2. The molecule has 0 radical (unpaired) electrons. The number of esters is 1. The van der Waals surface area contributed by atoms with E-state index in [2.05, 4.69) is 19.7 Å². The first-order valence-electron chi connectivity index (χ1n) is 5.20. The number of pyridine rings is 1. The monoisotopic (exact) mass is 260 g/mol. The zero-order valence-corrected chi connectivity index (χ0v) is 10.2. The van der Waals surface area contributed by atoms with Gasteiger partial charge in [-0.3, -0.25) is 4.79 Å². The minimum absolute atomic E-state index is 0.241. The molecule has 0 unspecified atom stereocenters. The van der Waals surface area contributed by atoms with Gasteiger partial charge in [0, 0.05) is 12.4 Å². The van der Waals surface area contributed by atoms with Crippen LogP contribution in [0.1, 0.15) is 21.0 Å². The summed E-state index contributed by atoms with van der Waals surface area (Å²) < 4.78 is 4.43. The molecule has 2 aromatic heterocycles. The van der Waals surface area contributed by atoms with Crippen molar-refractivity contribution in [3.8, 4) is 0 Å². The summed E-state index contributed by atoms with van der Waals surface area (Å²) in [5.41, 5.74) is 5.46. The van der Waals surface area contributed by atoms with Crippen LogP contribution in [0.5, 0.6) is 0 Å². The quantitative estimate of drug-likeness (QED) is 0.785. The molecule has 19 heavy (non-hydrogen) atoms. The van der Waals surface area contributed by atoms with Crippen molar-refractivity contribution in [1.29, 1.82) is 0 Å². The van der Waals surface area contributed by atoms with Gasteiger partial charge in [-0.1, -0.05) is 6.07 Å². The Morgan fingerprint density at radius 2 is 1.89 bits per heavy atom. The Hall–Kier alpha value is -2.83. The van der Waals surface area contributed by atoms with Crippen LogP contribution in [-0.2, 0) is 4.74 Å². The van der Waals surface area contributed by atoms with E-state index in [9.17, 15) is 9.59 Å². The molecule has 0 saturated carbocycles. The second-order valence-corrected chi connectivity index (χ2v) is 3.17. The van der Waals surface area contributed by atoms with Crippen LogP contribution < -0.4 is 5.73 Å². The van der Waals surface area contributed by atoms with Crippen LogP contribution in [0.3, 0.4) is 0 Å². The molecule has 7 nitrogen and oxygen atoms in total. The third-order valence-electron chi connectivity index (χ3n) is 1.89. The molecule has 0 aliphatic rings. The predicted molar refractivity (Wildman–Crippen MR) is 66.1 cm³/mol. The molecule has 0 spiro atoms. The first-order chi connectivity index (χ1) is 9.15. The van der Waals surface area contributed by atoms with Gasteiger partial charge in [-0.25, -0.2) is 19.7 Å². The first-order valence-corrected chi connectivity index (χ1v) is 5.20. The van der Waals surface area contributed by atoms with Crippen LogP contribution >= 0.6 is 0 Å². The number of methoxy groups -OCH3 is 1. The number of rotatable bonds is 2. The topological polar surface area (TPSA) is 108 Å². The van der Waals surface area contributed by atoms with Crippen LogP contribution in [0, 0.1) is 0 Å². The number of hydrogen-bond donors (Lipinski definition) is 1. The highest BCUT2D eigenvalue weighted by atomic mass is 16.5. The minimum atomic E-state index is -0.530. The van der Waals surface area contributed by atoms with Gasteiger partial charge in [0.15, 0.2) is 0 Å². The number of ether oxygens (including phenoxy) is 1. The van der Waals surface area contributed by atoms with E-state index in [1.54, 1.807) is 24.4 Å². The fraction of sp³-hybridized carbons (Fsp3) is 0.0833. The van der Waals surface area contributed by atoms with Crippen molar-refractivity contribution in [2.75, 3.05) is 7.11 Å². The van der Waals surface area contributed by atoms with Crippen LogP contribution in [0.4, 0.5) is 0 Å². The fourth-order valence-electron chi connectivity index (χ4n) is 1.02. The summed E-state index contributed by atoms with van der Waals surface area (Å²) >= 11 is 0.